The first kappa shape index (κ1) is 23.7. The summed E-state index contributed by atoms with van der Waals surface area (Å²) >= 11 is 12.3. The number of anilines is 1. The average Bonchev–Trinajstić information content (AvgIpc) is 3.19. The van der Waals surface area contributed by atoms with Crippen molar-refractivity contribution in [2.24, 2.45) is 0 Å². The van der Waals surface area contributed by atoms with Gasteiger partial charge in [0.25, 0.3) is 5.91 Å². The number of pyridine rings is 1. The van der Waals surface area contributed by atoms with Crippen LogP contribution < -0.4 is 5.32 Å². The van der Waals surface area contributed by atoms with Gasteiger partial charge in [0.05, 0.1) is 28.9 Å². The lowest BCUT2D eigenvalue weighted by Gasteiger charge is -2.14. The van der Waals surface area contributed by atoms with Crippen LogP contribution in [0.2, 0.25) is 10.0 Å². The minimum Gasteiger partial charge on any atom is -0.462 e. The maximum atomic E-state index is 13.1. The molecule has 0 aliphatic heterocycles. The van der Waals surface area contributed by atoms with Crippen molar-refractivity contribution in [3.8, 4) is 5.82 Å². The number of rotatable bonds is 5. The van der Waals surface area contributed by atoms with Gasteiger partial charge < -0.3 is 10.1 Å². The number of nitrogens with zero attached hydrogens (tertiary/aromatic N) is 3. The van der Waals surface area contributed by atoms with Crippen molar-refractivity contribution in [1.82, 2.24) is 14.8 Å². The van der Waals surface area contributed by atoms with E-state index in [0.717, 1.165) is 27.6 Å². The van der Waals surface area contributed by atoms with Gasteiger partial charge in [-0.15, -0.1) is 0 Å². The topological polar surface area (TPSA) is 86.1 Å². The molecule has 0 saturated carbocycles. The molecule has 2 aromatic carbocycles. The molecule has 0 radical (unpaired) electrons. The number of hydrogen-bond donors (Lipinski definition) is 1. The summed E-state index contributed by atoms with van der Waals surface area (Å²) in [5, 5.41) is 8.70. The molecule has 1 N–H and O–H groups in total. The van der Waals surface area contributed by atoms with Gasteiger partial charge in [0.1, 0.15) is 5.56 Å². The first-order chi connectivity index (χ1) is 16.2. The third-order valence-electron chi connectivity index (χ3n) is 5.33. The zero-order valence-electron chi connectivity index (χ0n) is 19.1. The Hall–Kier alpha value is -3.42. The van der Waals surface area contributed by atoms with E-state index in [9.17, 15) is 9.59 Å². The Morgan fingerprint density at radius 2 is 1.79 bits per heavy atom. The normalized spacial score (nSPS) is 11.0. The van der Waals surface area contributed by atoms with Crippen LogP contribution in [0, 0.1) is 20.8 Å². The van der Waals surface area contributed by atoms with E-state index in [4.69, 9.17) is 32.9 Å². The van der Waals surface area contributed by atoms with E-state index in [0.29, 0.717) is 10.8 Å². The number of esters is 1. The first-order valence-electron chi connectivity index (χ1n) is 10.6. The van der Waals surface area contributed by atoms with Crippen molar-refractivity contribution in [2.75, 3.05) is 11.9 Å². The molecule has 9 heteroatoms. The summed E-state index contributed by atoms with van der Waals surface area (Å²) in [4.78, 5) is 30.5. The Morgan fingerprint density at radius 1 is 1.03 bits per heavy atom. The van der Waals surface area contributed by atoms with Crippen molar-refractivity contribution in [2.45, 2.75) is 27.7 Å². The number of benzene rings is 2. The fourth-order valence-electron chi connectivity index (χ4n) is 3.78. The molecule has 0 unspecified atom stereocenters. The van der Waals surface area contributed by atoms with Crippen LogP contribution in [0.3, 0.4) is 0 Å². The van der Waals surface area contributed by atoms with Crippen molar-refractivity contribution < 1.29 is 14.3 Å². The lowest BCUT2D eigenvalue weighted by atomic mass is 10.0. The number of nitrogens with one attached hydrogen (secondary N) is 1. The van der Waals surface area contributed by atoms with Crippen LogP contribution in [0.5, 0.6) is 0 Å². The zero-order chi connectivity index (χ0) is 24.6. The van der Waals surface area contributed by atoms with E-state index in [-0.39, 0.29) is 28.6 Å². The van der Waals surface area contributed by atoms with Crippen LogP contribution in [-0.4, -0.2) is 33.2 Å². The number of carbonyl (C=O) groups is 2. The first-order valence-corrected chi connectivity index (χ1v) is 11.4. The molecule has 2 aromatic heterocycles. The Kier molecular flexibility index (Phi) is 6.59. The van der Waals surface area contributed by atoms with Gasteiger partial charge in [-0.25, -0.2) is 9.78 Å². The number of aryl methyl sites for hydroxylation is 3. The minimum absolute atomic E-state index is 0.0912. The summed E-state index contributed by atoms with van der Waals surface area (Å²) < 4.78 is 6.57. The number of halogens is 2. The number of fused-ring (bicyclic) bond motifs is 1. The molecule has 4 rings (SSSR count). The highest BCUT2D eigenvalue weighted by Gasteiger charge is 2.24. The van der Waals surface area contributed by atoms with Crippen molar-refractivity contribution in [3.63, 3.8) is 0 Å². The van der Waals surface area contributed by atoms with Crippen LogP contribution in [0.25, 0.3) is 16.7 Å². The molecule has 174 valence electrons. The Balaban J connectivity index is 1.86. The van der Waals surface area contributed by atoms with Crippen LogP contribution in [0.1, 0.15) is 44.3 Å². The number of amides is 1. The highest BCUT2D eigenvalue weighted by molar-refractivity contribution is 6.36. The van der Waals surface area contributed by atoms with Crippen molar-refractivity contribution >= 4 is 51.8 Å². The second kappa shape index (κ2) is 9.44. The van der Waals surface area contributed by atoms with E-state index in [1.165, 1.54) is 23.0 Å². The number of hydrogen-bond acceptors (Lipinski definition) is 5. The molecule has 4 aromatic rings. The largest absolute Gasteiger partial charge is 0.462 e. The average molecular weight is 497 g/mol. The SMILES string of the molecule is CCOC(=O)c1cnn(-c2cc(C)c3cc(C)cc(C)c3n2)c1NC(=O)c1cc(Cl)ccc1Cl. The maximum absolute atomic E-state index is 13.1. The second-order valence-electron chi connectivity index (χ2n) is 7.89. The number of carbonyl (C=O) groups excluding carboxylic acids is 2. The maximum Gasteiger partial charge on any atom is 0.343 e. The van der Waals surface area contributed by atoms with Crippen LogP contribution >= 0.6 is 23.2 Å². The molecular weight excluding hydrogens is 475 g/mol. The molecular formula is C25H22Cl2N4O3. The molecule has 0 aliphatic carbocycles. The number of ether oxygens (including phenoxy) is 1. The highest BCUT2D eigenvalue weighted by Crippen LogP contribution is 2.28. The van der Waals surface area contributed by atoms with E-state index < -0.39 is 11.9 Å². The van der Waals surface area contributed by atoms with Gasteiger partial charge in [-0.3, -0.25) is 4.79 Å². The van der Waals surface area contributed by atoms with Gasteiger partial charge >= 0.3 is 5.97 Å². The number of aromatic nitrogens is 3. The zero-order valence-corrected chi connectivity index (χ0v) is 20.6. The Morgan fingerprint density at radius 3 is 2.53 bits per heavy atom. The molecule has 0 aliphatic rings. The molecule has 0 fully saturated rings. The highest BCUT2D eigenvalue weighted by atomic mass is 35.5. The van der Waals surface area contributed by atoms with E-state index in [1.807, 2.05) is 26.8 Å². The molecule has 0 saturated heterocycles. The lowest BCUT2D eigenvalue weighted by Crippen LogP contribution is -2.19. The third kappa shape index (κ3) is 4.49. The summed E-state index contributed by atoms with van der Waals surface area (Å²) in [6, 6.07) is 10.5. The minimum atomic E-state index is -0.620. The van der Waals surface area contributed by atoms with E-state index in [1.54, 1.807) is 13.0 Å². The van der Waals surface area contributed by atoms with Gasteiger partial charge in [-0.2, -0.15) is 9.78 Å². The quantitative estimate of drug-likeness (QED) is 0.338. The summed E-state index contributed by atoms with van der Waals surface area (Å²) in [6.45, 7) is 7.87. The summed E-state index contributed by atoms with van der Waals surface area (Å²) in [7, 11) is 0. The van der Waals surface area contributed by atoms with Crippen molar-refractivity contribution in [1.29, 1.82) is 0 Å². The Bertz CT molecular complexity index is 1450. The molecule has 34 heavy (non-hydrogen) atoms. The molecule has 0 atom stereocenters. The van der Waals surface area contributed by atoms with Gasteiger partial charge in [-0.1, -0.05) is 34.8 Å². The second-order valence-corrected chi connectivity index (χ2v) is 8.74. The van der Waals surface area contributed by atoms with Gasteiger partial charge in [0.2, 0.25) is 0 Å². The molecule has 2 heterocycles. The van der Waals surface area contributed by atoms with Crippen molar-refractivity contribution in [3.05, 3.63) is 80.5 Å². The lowest BCUT2D eigenvalue weighted by molar-refractivity contribution is 0.0527. The van der Waals surface area contributed by atoms with Gasteiger partial charge in [0.15, 0.2) is 11.6 Å². The van der Waals surface area contributed by atoms with Gasteiger partial charge in [-0.05, 0) is 69.2 Å². The van der Waals surface area contributed by atoms with E-state index in [2.05, 4.69) is 22.5 Å². The molecule has 1 amide bonds. The van der Waals surface area contributed by atoms with Crippen LogP contribution in [-0.2, 0) is 4.74 Å². The smallest absolute Gasteiger partial charge is 0.343 e. The predicted octanol–water partition coefficient (Wildman–Crippen LogP) is 6.08. The standard InChI is InChI=1S/C25H22Cl2N4O3/c1-5-34-25(33)19-12-28-31(23(19)30-24(32)18-11-16(26)6-7-20(18)27)21-10-14(3)17-9-13(2)8-15(4)22(17)29-21/h6-12H,5H2,1-4H3,(H,30,32). The fourth-order valence-corrected chi connectivity index (χ4v) is 4.16. The predicted molar refractivity (Wildman–Crippen MR) is 133 cm³/mol. The van der Waals surface area contributed by atoms with Crippen LogP contribution in [0.15, 0.2) is 42.6 Å². The summed E-state index contributed by atoms with van der Waals surface area (Å²) in [5.74, 6) is -0.606. The summed E-state index contributed by atoms with van der Waals surface area (Å²) in [6.07, 6.45) is 1.34. The molecule has 0 bridgehead atoms. The fraction of sp³-hybridized carbons (Fsp3) is 0.200. The monoisotopic (exact) mass is 496 g/mol. The molecule has 7 nitrogen and oxygen atoms in total. The van der Waals surface area contributed by atoms with E-state index >= 15 is 0 Å². The van der Waals surface area contributed by atoms with Crippen LogP contribution in [0.4, 0.5) is 5.82 Å². The third-order valence-corrected chi connectivity index (χ3v) is 5.89. The summed E-state index contributed by atoms with van der Waals surface area (Å²) in [5.41, 5.74) is 4.19. The Labute approximate surface area is 206 Å². The van der Waals surface area contributed by atoms with Gasteiger partial charge in [0, 0.05) is 10.4 Å². The molecule has 0 spiro atoms.